The highest BCUT2D eigenvalue weighted by Crippen LogP contribution is 2.24. The van der Waals surface area contributed by atoms with Crippen molar-refractivity contribution in [2.75, 3.05) is 30.3 Å². The molecule has 4 rings (SSSR count). The van der Waals surface area contributed by atoms with Gasteiger partial charge in [-0.2, -0.15) is 9.97 Å². The number of fused-ring (bicyclic) bond motifs is 1. The van der Waals surface area contributed by atoms with Gasteiger partial charge in [-0.05, 0) is 38.3 Å². The van der Waals surface area contributed by atoms with Crippen LogP contribution in [-0.2, 0) is 11.3 Å². The number of aromatic nitrogens is 5. The van der Waals surface area contributed by atoms with Crippen LogP contribution in [0, 0.1) is 0 Å². The van der Waals surface area contributed by atoms with Crippen LogP contribution in [0.4, 0.5) is 11.8 Å². The lowest BCUT2D eigenvalue weighted by molar-refractivity contribution is -0.127. The smallest absolute Gasteiger partial charge is 0.226 e. The number of rotatable bonds is 9. The van der Waals surface area contributed by atoms with Gasteiger partial charge >= 0.3 is 0 Å². The molecule has 0 bridgehead atoms. The van der Waals surface area contributed by atoms with Gasteiger partial charge in [0, 0.05) is 51.0 Å². The van der Waals surface area contributed by atoms with Crippen molar-refractivity contribution in [3.63, 3.8) is 0 Å². The number of likely N-dealkylation sites (tertiary alicyclic amines) is 1. The number of hydrogen-bond donors (Lipinski definition) is 2. The Hall–Kier alpha value is -3.23. The number of carbonyl (C=O) groups is 1. The van der Waals surface area contributed by atoms with E-state index in [1.165, 1.54) is 0 Å². The van der Waals surface area contributed by atoms with Gasteiger partial charge in [0.05, 0.1) is 6.33 Å². The van der Waals surface area contributed by atoms with E-state index in [-0.39, 0.29) is 11.9 Å². The van der Waals surface area contributed by atoms with Gasteiger partial charge < -0.3 is 20.1 Å². The van der Waals surface area contributed by atoms with Crippen LogP contribution in [0.2, 0.25) is 0 Å². The molecule has 4 heterocycles. The van der Waals surface area contributed by atoms with Crippen molar-refractivity contribution < 1.29 is 4.79 Å². The Morgan fingerprint density at radius 2 is 2.13 bits per heavy atom. The highest BCUT2D eigenvalue weighted by molar-refractivity contribution is 5.84. The highest BCUT2D eigenvalue weighted by atomic mass is 16.2. The lowest BCUT2D eigenvalue weighted by Crippen LogP contribution is -2.27. The standard InChI is InChI=1S/C21H28N8O/c1-15(2)29-14-25-18-19(24-13-16-6-3-8-22-12-16)26-21(27-20(18)29)23-9-5-11-28-10-4-7-17(28)30/h3,6,8,12,14-15H,4-5,7,9-11,13H2,1-2H3,(H2,23,24,26,27). The van der Waals surface area contributed by atoms with Gasteiger partial charge in [-0.1, -0.05) is 6.07 Å². The third kappa shape index (κ3) is 4.50. The van der Waals surface area contributed by atoms with Crippen LogP contribution in [0.3, 0.4) is 0 Å². The van der Waals surface area contributed by atoms with Crippen molar-refractivity contribution in [1.29, 1.82) is 0 Å². The fourth-order valence-electron chi connectivity index (χ4n) is 3.60. The molecule has 0 atom stereocenters. The zero-order valence-electron chi connectivity index (χ0n) is 17.5. The van der Waals surface area contributed by atoms with Crippen LogP contribution in [0.5, 0.6) is 0 Å². The second-order valence-corrected chi connectivity index (χ2v) is 7.79. The van der Waals surface area contributed by atoms with E-state index >= 15 is 0 Å². The van der Waals surface area contributed by atoms with E-state index in [4.69, 9.17) is 4.98 Å². The molecule has 1 fully saturated rings. The maximum atomic E-state index is 11.7. The summed E-state index contributed by atoms with van der Waals surface area (Å²) in [5.41, 5.74) is 2.61. The molecule has 9 heteroatoms. The largest absolute Gasteiger partial charge is 0.364 e. The average Bonchev–Trinajstić information content (AvgIpc) is 3.36. The van der Waals surface area contributed by atoms with E-state index < -0.39 is 0 Å². The summed E-state index contributed by atoms with van der Waals surface area (Å²) in [4.78, 5) is 31.7. The first-order valence-corrected chi connectivity index (χ1v) is 10.5. The van der Waals surface area contributed by atoms with Crippen molar-refractivity contribution in [2.24, 2.45) is 0 Å². The second-order valence-electron chi connectivity index (χ2n) is 7.79. The molecule has 30 heavy (non-hydrogen) atoms. The molecule has 3 aromatic rings. The number of pyridine rings is 1. The van der Waals surface area contributed by atoms with Crippen LogP contribution < -0.4 is 10.6 Å². The summed E-state index contributed by atoms with van der Waals surface area (Å²) in [5, 5.41) is 6.69. The third-order valence-corrected chi connectivity index (χ3v) is 5.22. The zero-order valence-corrected chi connectivity index (χ0v) is 17.5. The molecule has 2 N–H and O–H groups in total. The first kappa shape index (κ1) is 20.1. The molecule has 1 aliphatic heterocycles. The fraction of sp³-hybridized carbons (Fsp3) is 0.476. The molecule has 9 nitrogen and oxygen atoms in total. The summed E-state index contributed by atoms with van der Waals surface area (Å²) in [6, 6.07) is 4.17. The minimum Gasteiger partial charge on any atom is -0.364 e. The fourth-order valence-corrected chi connectivity index (χ4v) is 3.60. The molecule has 0 aromatic carbocycles. The highest BCUT2D eigenvalue weighted by Gasteiger charge is 2.19. The normalized spacial score (nSPS) is 14.1. The van der Waals surface area contributed by atoms with E-state index in [1.807, 2.05) is 34.1 Å². The molecular formula is C21H28N8O. The van der Waals surface area contributed by atoms with Gasteiger partial charge in [-0.3, -0.25) is 9.78 Å². The Bertz CT molecular complexity index is 1000. The SMILES string of the molecule is CC(C)n1cnc2c(NCc3cccnc3)nc(NCCCN3CCCC3=O)nc21. The molecule has 3 aromatic heterocycles. The van der Waals surface area contributed by atoms with Crippen molar-refractivity contribution in [1.82, 2.24) is 29.4 Å². The average molecular weight is 409 g/mol. The first-order valence-electron chi connectivity index (χ1n) is 10.5. The molecule has 1 amide bonds. The van der Waals surface area contributed by atoms with Gasteiger partial charge in [0.25, 0.3) is 0 Å². The predicted octanol–water partition coefficient (Wildman–Crippen LogP) is 2.84. The van der Waals surface area contributed by atoms with E-state index in [0.29, 0.717) is 31.3 Å². The Labute approximate surface area is 175 Å². The lowest BCUT2D eigenvalue weighted by atomic mass is 10.3. The summed E-state index contributed by atoms with van der Waals surface area (Å²) in [7, 11) is 0. The molecule has 0 aliphatic carbocycles. The van der Waals surface area contributed by atoms with E-state index in [9.17, 15) is 4.79 Å². The van der Waals surface area contributed by atoms with Crippen molar-refractivity contribution in [2.45, 2.75) is 45.7 Å². The summed E-state index contributed by atoms with van der Waals surface area (Å²) in [6.07, 6.45) is 7.90. The molecule has 0 radical (unpaired) electrons. The van der Waals surface area contributed by atoms with Crippen molar-refractivity contribution >= 4 is 28.8 Å². The first-order chi connectivity index (χ1) is 14.6. The summed E-state index contributed by atoms with van der Waals surface area (Å²) >= 11 is 0. The number of hydrogen-bond acceptors (Lipinski definition) is 7. The van der Waals surface area contributed by atoms with Gasteiger partial charge in [-0.25, -0.2) is 4.98 Å². The van der Waals surface area contributed by atoms with E-state index in [1.54, 1.807) is 6.20 Å². The van der Waals surface area contributed by atoms with E-state index in [0.717, 1.165) is 42.7 Å². The zero-order chi connectivity index (χ0) is 20.9. The van der Waals surface area contributed by atoms with Crippen LogP contribution >= 0.6 is 0 Å². The number of imidazole rings is 1. The van der Waals surface area contributed by atoms with Crippen LogP contribution in [0.25, 0.3) is 11.2 Å². The third-order valence-electron chi connectivity index (χ3n) is 5.22. The summed E-state index contributed by atoms with van der Waals surface area (Å²) in [6.45, 7) is 7.15. The quantitative estimate of drug-likeness (QED) is 0.525. The maximum Gasteiger partial charge on any atom is 0.226 e. The Morgan fingerprint density at radius 1 is 1.23 bits per heavy atom. The minimum atomic E-state index is 0.241. The van der Waals surface area contributed by atoms with Crippen LogP contribution in [0.15, 0.2) is 30.9 Å². The number of carbonyl (C=O) groups excluding carboxylic acids is 1. The minimum absolute atomic E-state index is 0.241. The number of anilines is 2. The Morgan fingerprint density at radius 3 is 2.87 bits per heavy atom. The van der Waals surface area contributed by atoms with E-state index in [2.05, 4.69) is 39.4 Å². The van der Waals surface area contributed by atoms with Gasteiger partial charge in [-0.15, -0.1) is 0 Å². The topological polar surface area (TPSA) is 101 Å². The van der Waals surface area contributed by atoms with Crippen molar-refractivity contribution in [3.8, 4) is 0 Å². The molecule has 1 saturated heterocycles. The lowest BCUT2D eigenvalue weighted by Gasteiger charge is -2.15. The number of amides is 1. The molecule has 0 spiro atoms. The molecule has 1 aliphatic rings. The molecular weight excluding hydrogens is 380 g/mol. The Balaban J connectivity index is 1.48. The monoisotopic (exact) mass is 408 g/mol. The molecule has 158 valence electrons. The summed E-state index contributed by atoms with van der Waals surface area (Å²) in [5.74, 6) is 1.52. The van der Waals surface area contributed by atoms with Gasteiger partial charge in [0.15, 0.2) is 17.0 Å². The van der Waals surface area contributed by atoms with Gasteiger partial charge in [0.2, 0.25) is 11.9 Å². The number of nitrogens with zero attached hydrogens (tertiary/aromatic N) is 6. The van der Waals surface area contributed by atoms with Crippen LogP contribution in [0.1, 0.15) is 44.7 Å². The predicted molar refractivity (Wildman–Crippen MR) is 116 cm³/mol. The Kier molecular flexibility index (Phi) is 6.06. The molecule has 0 unspecified atom stereocenters. The number of nitrogens with one attached hydrogen (secondary N) is 2. The maximum absolute atomic E-state index is 11.7. The van der Waals surface area contributed by atoms with Gasteiger partial charge in [0.1, 0.15) is 0 Å². The summed E-state index contributed by atoms with van der Waals surface area (Å²) < 4.78 is 2.04. The van der Waals surface area contributed by atoms with Crippen molar-refractivity contribution in [3.05, 3.63) is 36.4 Å². The van der Waals surface area contributed by atoms with Crippen LogP contribution in [-0.4, -0.2) is 54.9 Å². The molecule has 0 saturated carbocycles. The second kappa shape index (κ2) is 9.06.